The van der Waals surface area contributed by atoms with Crippen LogP contribution in [0.25, 0.3) is 6.08 Å². The van der Waals surface area contributed by atoms with Crippen molar-refractivity contribution in [3.63, 3.8) is 0 Å². The van der Waals surface area contributed by atoms with E-state index in [9.17, 15) is 18.8 Å². The van der Waals surface area contributed by atoms with Crippen LogP contribution in [0.2, 0.25) is 0 Å². The lowest BCUT2D eigenvalue weighted by atomic mass is 10.0. The normalized spacial score (nSPS) is 18.4. The predicted octanol–water partition coefficient (Wildman–Crippen LogP) is 4.16. The van der Waals surface area contributed by atoms with E-state index in [0.717, 1.165) is 36.4 Å². The van der Waals surface area contributed by atoms with Crippen molar-refractivity contribution in [1.82, 2.24) is 5.32 Å². The average molecular weight is 472 g/mol. The minimum absolute atomic E-state index is 0.231. The summed E-state index contributed by atoms with van der Waals surface area (Å²) < 4.78 is 15.4. The summed E-state index contributed by atoms with van der Waals surface area (Å²) in [7, 11) is 0. The summed E-state index contributed by atoms with van der Waals surface area (Å²) in [6, 6.07) is 8.85. The van der Waals surface area contributed by atoms with Crippen molar-refractivity contribution in [1.29, 1.82) is 0 Å². The summed E-state index contributed by atoms with van der Waals surface area (Å²) in [6.07, 6.45) is 3.39. The average Bonchev–Trinajstić information content (AvgIpc) is 3.22. The first-order valence-electron chi connectivity index (χ1n) is 9.57. The van der Waals surface area contributed by atoms with Crippen molar-refractivity contribution in [3.8, 4) is 0 Å². The number of nitrogens with one attached hydrogen (secondary N) is 1. The van der Waals surface area contributed by atoms with Crippen LogP contribution >= 0.6 is 15.9 Å². The summed E-state index contributed by atoms with van der Waals surface area (Å²) in [5, 5.41) is 2.18. The molecule has 2 aromatic rings. The molecular weight excluding hydrogens is 453 g/mol. The molecular formula is C22H19BrFN3O3. The van der Waals surface area contributed by atoms with Crippen LogP contribution < -0.4 is 15.1 Å². The van der Waals surface area contributed by atoms with Gasteiger partial charge in [-0.15, -0.1) is 0 Å². The maximum absolute atomic E-state index is 14.8. The molecule has 0 radical (unpaired) electrons. The van der Waals surface area contributed by atoms with E-state index in [1.54, 1.807) is 37.3 Å². The van der Waals surface area contributed by atoms with Gasteiger partial charge in [0.2, 0.25) is 0 Å². The Morgan fingerprint density at radius 3 is 2.53 bits per heavy atom. The molecule has 0 spiro atoms. The Hall–Kier alpha value is -3.00. The number of halogens is 2. The van der Waals surface area contributed by atoms with Crippen LogP contribution in [0, 0.1) is 12.7 Å². The lowest BCUT2D eigenvalue weighted by Crippen LogP contribution is -2.54. The second-order valence-corrected chi connectivity index (χ2v) is 8.21. The van der Waals surface area contributed by atoms with Crippen molar-refractivity contribution in [3.05, 3.63) is 63.4 Å². The molecule has 6 nitrogen and oxygen atoms in total. The molecule has 0 atom stereocenters. The van der Waals surface area contributed by atoms with Gasteiger partial charge in [-0.05, 0) is 67.3 Å². The maximum atomic E-state index is 14.8. The van der Waals surface area contributed by atoms with Gasteiger partial charge in [0.25, 0.3) is 11.8 Å². The lowest BCUT2D eigenvalue weighted by molar-refractivity contribution is -0.122. The van der Waals surface area contributed by atoms with Crippen LogP contribution in [0.1, 0.15) is 24.0 Å². The number of carbonyl (C=O) groups is 3. The van der Waals surface area contributed by atoms with Crippen molar-refractivity contribution >= 4 is 51.2 Å². The Labute approximate surface area is 181 Å². The third-order valence-electron chi connectivity index (χ3n) is 5.25. The van der Waals surface area contributed by atoms with Gasteiger partial charge in [-0.2, -0.15) is 0 Å². The molecule has 1 N–H and O–H groups in total. The smallest absolute Gasteiger partial charge is 0.335 e. The molecule has 30 heavy (non-hydrogen) atoms. The number of benzene rings is 2. The zero-order valence-corrected chi connectivity index (χ0v) is 17.8. The van der Waals surface area contributed by atoms with Crippen molar-refractivity contribution in [2.75, 3.05) is 22.9 Å². The highest BCUT2D eigenvalue weighted by Gasteiger charge is 2.37. The Morgan fingerprint density at radius 2 is 1.83 bits per heavy atom. The number of amides is 4. The molecule has 2 heterocycles. The molecule has 4 amide bonds. The fourth-order valence-corrected chi connectivity index (χ4v) is 4.09. The van der Waals surface area contributed by atoms with Crippen LogP contribution in [0.4, 0.5) is 20.6 Å². The Morgan fingerprint density at radius 1 is 1.10 bits per heavy atom. The van der Waals surface area contributed by atoms with E-state index in [-0.39, 0.29) is 5.57 Å². The van der Waals surface area contributed by atoms with Gasteiger partial charge in [0, 0.05) is 17.6 Å². The van der Waals surface area contributed by atoms with E-state index < -0.39 is 23.7 Å². The number of imide groups is 2. The SMILES string of the molecule is Cc1cc(N2CCCC2)c(F)cc1C=C1C(=O)NC(=O)N(c2cccc(Br)c2)C1=O. The number of hydrogen-bond acceptors (Lipinski definition) is 4. The van der Waals surface area contributed by atoms with Crippen molar-refractivity contribution in [2.45, 2.75) is 19.8 Å². The minimum Gasteiger partial charge on any atom is -0.369 e. The Kier molecular flexibility index (Phi) is 5.42. The molecule has 154 valence electrons. The molecule has 4 rings (SSSR count). The molecule has 2 aliphatic rings. The van der Waals surface area contributed by atoms with Crippen molar-refractivity contribution in [2.24, 2.45) is 0 Å². The quantitative estimate of drug-likeness (QED) is 0.538. The number of carbonyl (C=O) groups excluding carboxylic acids is 3. The highest BCUT2D eigenvalue weighted by Crippen LogP contribution is 2.29. The molecule has 8 heteroatoms. The van der Waals surface area contributed by atoms with E-state index in [4.69, 9.17) is 0 Å². The van der Waals surface area contributed by atoms with E-state index in [1.807, 2.05) is 4.90 Å². The van der Waals surface area contributed by atoms with Gasteiger partial charge < -0.3 is 4.90 Å². The fraction of sp³-hybridized carbons (Fsp3) is 0.227. The van der Waals surface area contributed by atoms with Crippen molar-refractivity contribution < 1.29 is 18.8 Å². The van der Waals surface area contributed by atoms with E-state index >= 15 is 0 Å². The number of rotatable bonds is 3. The topological polar surface area (TPSA) is 69.7 Å². The second-order valence-electron chi connectivity index (χ2n) is 7.29. The standard InChI is InChI=1S/C22H19BrFN3O3/c1-13-9-19(26-7-2-3-8-26)18(24)11-14(13)10-17-20(28)25-22(30)27(21(17)29)16-6-4-5-15(23)12-16/h4-6,9-12H,2-3,7-8H2,1H3,(H,25,28,30). The highest BCUT2D eigenvalue weighted by atomic mass is 79.9. The molecule has 0 aliphatic carbocycles. The number of anilines is 2. The van der Waals surface area contributed by atoms with Crippen LogP contribution in [0.3, 0.4) is 0 Å². The zero-order valence-electron chi connectivity index (χ0n) is 16.2. The van der Waals surface area contributed by atoms with Crippen LogP contribution in [0.15, 0.2) is 46.4 Å². The first-order valence-corrected chi connectivity index (χ1v) is 10.4. The number of barbiturate groups is 1. The summed E-state index contributed by atoms with van der Waals surface area (Å²) in [4.78, 5) is 40.6. The highest BCUT2D eigenvalue weighted by molar-refractivity contribution is 9.10. The third kappa shape index (κ3) is 3.75. The van der Waals surface area contributed by atoms with E-state index in [2.05, 4.69) is 21.2 Å². The van der Waals surface area contributed by atoms with Crippen LogP contribution in [-0.4, -0.2) is 30.9 Å². The molecule has 2 aromatic carbocycles. The maximum Gasteiger partial charge on any atom is 0.335 e. The minimum atomic E-state index is -0.826. The van der Waals surface area contributed by atoms with Gasteiger partial charge in [-0.25, -0.2) is 14.1 Å². The summed E-state index contributed by atoms with van der Waals surface area (Å²) >= 11 is 3.30. The summed E-state index contributed by atoms with van der Waals surface area (Å²) in [6.45, 7) is 3.41. The monoisotopic (exact) mass is 471 g/mol. The lowest BCUT2D eigenvalue weighted by Gasteiger charge is -2.26. The van der Waals surface area contributed by atoms with Gasteiger partial charge in [0.1, 0.15) is 11.4 Å². The molecule has 2 fully saturated rings. The first-order chi connectivity index (χ1) is 14.3. The van der Waals surface area contributed by atoms with Gasteiger partial charge in [-0.1, -0.05) is 22.0 Å². The number of hydrogen-bond donors (Lipinski definition) is 1. The van der Waals surface area contributed by atoms with Gasteiger partial charge >= 0.3 is 6.03 Å². The predicted molar refractivity (Wildman–Crippen MR) is 116 cm³/mol. The number of nitrogens with zero attached hydrogens (tertiary/aromatic N) is 2. The first kappa shape index (κ1) is 20.3. The third-order valence-corrected chi connectivity index (χ3v) is 5.74. The van der Waals surface area contributed by atoms with Gasteiger partial charge in [0.05, 0.1) is 11.4 Å². The summed E-state index contributed by atoms with van der Waals surface area (Å²) in [5.74, 6) is -1.97. The molecule has 0 bridgehead atoms. The van der Waals surface area contributed by atoms with Crippen LogP contribution in [-0.2, 0) is 9.59 Å². The summed E-state index contributed by atoms with van der Waals surface area (Å²) in [5.41, 5.74) is 1.76. The van der Waals surface area contributed by atoms with E-state index in [0.29, 0.717) is 21.4 Å². The molecule has 0 unspecified atom stereocenters. The number of urea groups is 1. The molecule has 0 aromatic heterocycles. The Bertz CT molecular complexity index is 1090. The molecule has 2 aliphatic heterocycles. The molecule has 0 saturated carbocycles. The fourth-order valence-electron chi connectivity index (χ4n) is 3.70. The number of aryl methyl sites for hydroxylation is 1. The second kappa shape index (κ2) is 8.02. The Balaban J connectivity index is 1.71. The van der Waals surface area contributed by atoms with E-state index in [1.165, 1.54) is 12.1 Å². The zero-order chi connectivity index (χ0) is 21.4. The van der Waals surface area contributed by atoms with Gasteiger partial charge in [-0.3, -0.25) is 14.9 Å². The van der Waals surface area contributed by atoms with Gasteiger partial charge in [0.15, 0.2) is 0 Å². The van der Waals surface area contributed by atoms with Crippen LogP contribution in [0.5, 0.6) is 0 Å². The molecule has 2 saturated heterocycles. The largest absolute Gasteiger partial charge is 0.369 e.